The fourth-order valence-electron chi connectivity index (χ4n) is 11.1. The molecule has 2 N–H and O–H groups in total. The average molecular weight is 956 g/mol. The van der Waals surface area contributed by atoms with Crippen molar-refractivity contribution in [3.05, 3.63) is 185 Å². The highest BCUT2D eigenvalue weighted by Gasteiger charge is 2.65. The Morgan fingerprint density at radius 3 is 2.35 bits per heavy atom. The summed E-state index contributed by atoms with van der Waals surface area (Å²) >= 11 is 0. The Kier molecular flexibility index (Phi) is 15.4. The topological polar surface area (TPSA) is 153 Å². The van der Waals surface area contributed by atoms with E-state index in [4.69, 9.17) is 24.2 Å². The number of ether oxygens (including phenoxy) is 3. The molecular formula is C59H61N3O9. The lowest BCUT2D eigenvalue weighted by Gasteiger charge is -2.60. The summed E-state index contributed by atoms with van der Waals surface area (Å²) in [6.07, 6.45) is 11.9. The lowest BCUT2D eigenvalue weighted by atomic mass is 9.55. The molecule has 0 radical (unpaired) electrons. The molecular weight excluding hydrogens is 895 g/mol. The molecule has 0 spiro atoms. The van der Waals surface area contributed by atoms with Crippen LogP contribution in [0.4, 0.5) is 5.69 Å². The lowest BCUT2D eigenvalue weighted by molar-refractivity contribution is -0.384. The summed E-state index contributed by atoms with van der Waals surface area (Å²) in [6, 6.07) is 39.7. The lowest BCUT2D eigenvalue weighted by Crippen LogP contribution is -2.70. The normalized spacial score (nSPS) is 21.8. The first kappa shape index (κ1) is 48.9. The van der Waals surface area contributed by atoms with E-state index in [1.54, 1.807) is 24.3 Å². The van der Waals surface area contributed by atoms with Crippen molar-refractivity contribution < 1.29 is 39.0 Å². The molecule has 1 heterocycles. The second-order valence-corrected chi connectivity index (χ2v) is 18.6. The van der Waals surface area contributed by atoms with Crippen LogP contribution in [0.25, 0.3) is 27.6 Å². The van der Waals surface area contributed by atoms with Gasteiger partial charge in [-0.3, -0.25) is 14.9 Å². The van der Waals surface area contributed by atoms with Gasteiger partial charge < -0.3 is 34.2 Å². The van der Waals surface area contributed by atoms with E-state index in [9.17, 15) is 20.3 Å². The van der Waals surface area contributed by atoms with Crippen molar-refractivity contribution in [2.45, 2.75) is 76.2 Å². The smallest absolute Gasteiger partial charge is 0.269 e. The Balaban J connectivity index is 1.24. The number of unbranched alkanes of at least 4 members (excludes halogenated alkanes) is 2. The number of hydrogen-bond acceptors (Lipinski definition) is 10. The third kappa shape index (κ3) is 10.4. The van der Waals surface area contributed by atoms with E-state index in [0.717, 1.165) is 63.9 Å². The maximum atomic E-state index is 15.4. The van der Waals surface area contributed by atoms with Crippen molar-refractivity contribution in [3.8, 4) is 17.2 Å². The minimum Gasteiger partial charge on any atom is -0.459 e. The van der Waals surface area contributed by atoms with E-state index >= 15 is 4.79 Å². The molecule has 1 fully saturated rings. The summed E-state index contributed by atoms with van der Waals surface area (Å²) in [7, 11) is 0. The summed E-state index contributed by atoms with van der Waals surface area (Å²) in [5.41, 5.74) is 4.06. The largest absolute Gasteiger partial charge is 0.459 e. The number of nitrogens with zero attached hydrogens (tertiary/aromatic N) is 3. The zero-order valence-corrected chi connectivity index (χ0v) is 40.1. The minimum atomic E-state index is -1.50. The highest BCUT2D eigenvalue weighted by molar-refractivity contribution is 6.03. The molecule has 1 saturated carbocycles. The van der Waals surface area contributed by atoms with Gasteiger partial charge in [0.15, 0.2) is 0 Å². The molecule has 12 nitrogen and oxygen atoms in total. The second-order valence-electron chi connectivity index (χ2n) is 18.6. The molecule has 0 saturated heterocycles. The van der Waals surface area contributed by atoms with E-state index in [-0.39, 0.29) is 62.1 Å². The summed E-state index contributed by atoms with van der Waals surface area (Å²) in [4.78, 5) is 34.3. The number of aliphatic hydroxyl groups excluding tert-OH is 2. The zero-order chi connectivity index (χ0) is 49.3. The number of non-ortho nitro benzene ring substituents is 1. The van der Waals surface area contributed by atoms with Crippen molar-refractivity contribution in [3.63, 3.8) is 0 Å². The number of carbonyl (C=O) groups is 1. The van der Waals surface area contributed by atoms with Gasteiger partial charge in [0.25, 0.3) is 5.69 Å². The van der Waals surface area contributed by atoms with Crippen molar-refractivity contribution in [1.82, 2.24) is 4.90 Å². The minimum absolute atomic E-state index is 0.00983. The van der Waals surface area contributed by atoms with Gasteiger partial charge in [0.1, 0.15) is 29.9 Å². The first-order chi connectivity index (χ1) is 34.7. The van der Waals surface area contributed by atoms with E-state index in [1.807, 2.05) is 72.5 Å². The zero-order valence-electron chi connectivity index (χ0n) is 40.1. The Labute approximate surface area is 414 Å². The van der Waals surface area contributed by atoms with E-state index in [1.165, 1.54) is 18.2 Å². The van der Waals surface area contributed by atoms with Crippen LogP contribution in [0.3, 0.4) is 0 Å². The number of amides is 1. The molecule has 6 aromatic rings. The van der Waals surface area contributed by atoms with Gasteiger partial charge in [0.05, 0.1) is 23.2 Å². The molecule has 0 aromatic heterocycles. The van der Waals surface area contributed by atoms with Gasteiger partial charge >= 0.3 is 0 Å². The van der Waals surface area contributed by atoms with E-state index in [2.05, 4.69) is 55.1 Å². The van der Waals surface area contributed by atoms with Crippen LogP contribution in [0.15, 0.2) is 163 Å². The van der Waals surface area contributed by atoms with Crippen LogP contribution < -0.4 is 9.47 Å². The molecule has 9 rings (SSSR count). The first-order valence-corrected chi connectivity index (χ1v) is 24.8. The number of hydrogen-bond donors (Lipinski definition) is 2. The maximum absolute atomic E-state index is 15.4. The maximum Gasteiger partial charge on any atom is 0.269 e. The number of allylic oxidation sites excluding steroid dienone is 1. The number of carbonyl (C=O) groups excluding carboxylic acids is 1. The van der Waals surface area contributed by atoms with Crippen LogP contribution >= 0.6 is 0 Å². The van der Waals surface area contributed by atoms with Gasteiger partial charge in [0.2, 0.25) is 11.7 Å². The van der Waals surface area contributed by atoms with Gasteiger partial charge in [-0.2, -0.15) is 0 Å². The quantitative estimate of drug-likeness (QED) is 0.0236. The third-order valence-electron chi connectivity index (χ3n) is 14.3. The van der Waals surface area contributed by atoms with Gasteiger partial charge in [0, 0.05) is 55.9 Å². The highest BCUT2D eigenvalue weighted by atomic mass is 16.7. The van der Waals surface area contributed by atoms with Crippen molar-refractivity contribution in [1.29, 1.82) is 0 Å². The molecule has 6 unspecified atom stereocenters. The fraction of sp³-hybridized carbons (Fsp3) is 0.322. The van der Waals surface area contributed by atoms with Gasteiger partial charge in [-0.1, -0.05) is 103 Å². The number of fused-ring (bicyclic) bond motifs is 4. The third-order valence-corrected chi connectivity index (χ3v) is 14.3. The van der Waals surface area contributed by atoms with Gasteiger partial charge in [-0.15, -0.1) is 6.58 Å². The monoisotopic (exact) mass is 955 g/mol. The molecule has 3 aliphatic rings. The number of oxime groups is 1. The molecule has 12 heteroatoms. The number of benzene rings is 6. The predicted molar refractivity (Wildman–Crippen MR) is 277 cm³/mol. The second kappa shape index (κ2) is 22.3. The van der Waals surface area contributed by atoms with Crippen LogP contribution in [0, 0.1) is 27.9 Å². The molecule has 71 heavy (non-hydrogen) atoms. The average Bonchev–Trinajstić information content (AvgIpc) is 3.39. The first-order valence-electron chi connectivity index (χ1n) is 24.8. The fourth-order valence-corrected chi connectivity index (χ4v) is 11.1. The summed E-state index contributed by atoms with van der Waals surface area (Å²) in [5, 5.41) is 40.7. The van der Waals surface area contributed by atoms with Crippen LogP contribution in [0.5, 0.6) is 17.2 Å². The van der Waals surface area contributed by atoms with E-state index < -0.39 is 22.7 Å². The van der Waals surface area contributed by atoms with Crippen molar-refractivity contribution >= 4 is 44.9 Å². The Morgan fingerprint density at radius 1 is 0.873 bits per heavy atom. The summed E-state index contributed by atoms with van der Waals surface area (Å²) in [6.45, 7) is 6.75. The van der Waals surface area contributed by atoms with Crippen molar-refractivity contribution in [2.75, 3.05) is 26.4 Å². The molecule has 2 aliphatic carbocycles. The van der Waals surface area contributed by atoms with E-state index in [0.29, 0.717) is 48.0 Å². The van der Waals surface area contributed by atoms with Gasteiger partial charge in [-0.25, -0.2) is 0 Å². The van der Waals surface area contributed by atoms with Crippen LogP contribution in [-0.4, -0.2) is 69.9 Å². The molecule has 1 amide bonds. The summed E-state index contributed by atoms with van der Waals surface area (Å²) in [5.74, 6) is -0.615. The van der Waals surface area contributed by atoms with Crippen LogP contribution in [-0.2, 0) is 20.9 Å². The number of nitro groups is 1. The number of rotatable bonds is 21. The molecule has 0 bridgehead atoms. The Morgan fingerprint density at radius 2 is 1.59 bits per heavy atom. The molecule has 1 aliphatic heterocycles. The van der Waals surface area contributed by atoms with Gasteiger partial charge in [-0.05, 0) is 131 Å². The molecule has 366 valence electrons. The van der Waals surface area contributed by atoms with Crippen molar-refractivity contribution in [2.24, 2.45) is 22.9 Å². The predicted octanol–water partition coefficient (Wildman–Crippen LogP) is 12.1. The summed E-state index contributed by atoms with van der Waals surface area (Å²) < 4.78 is 21.5. The standard InChI is InChI=1S/C59H61N3O9/c1-3-34-68-59-55(61(39-45-19-13-18-42-15-7-8-20-49(42)45)56(65)31-24-40-22-26-46(27-23-40)62(66)67)38-53(60-69-4-2)51-36-44(17-9-11-32-63)50(21-10-12-33-64)57(58(51)59)52-37-48(29-30-54(52)71-59)70-47-28-25-41-14-5-6-16-43(41)35-47/h3,5-8,13-16,18-20,22-31,35-37,44,50,55,57-58,63-64H,1,4,9-12,17,21,32-34,38-39H2,2H3. The van der Waals surface area contributed by atoms with Crippen LogP contribution in [0.2, 0.25) is 0 Å². The number of nitro benzene ring substituents is 1. The number of aliphatic hydroxyl groups is 2. The van der Waals surface area contributed by atoms with Crippen LogP contribution in [0.1, 0.15) is 74.5 Å². The molecule has 6 atom stereocenters. The Bertz CT molecular complexity index is 2960. The highest BCUT2D eigenvalue weighted by Crippen LogP contribution is 2.62. The Hall–Kier alpha value is -7.12. The SMILES string of the molecule is C=CCOC12Oc3ccc(Oc4ccc5ccccc5c4)cc3C3C(CCCCO)C(CCCCO)C=C(C(=NOCC)CC1N(Cc1cccc4ccccc14)C(=O)C=Cc1ccc([N+](=O)[O-])cc1)C32. The molecule has 6 aromatic carbocycles.